The number of carbonyl (C=O) groups is 3. The smallest absolute Gasteiger partial charge is 0.347 e. The average molecular weight is 880 g/mol. The molecule has 0 spiro atoms. The molecule has 6 aromatic rings. The monoisotopic (exact) mass is 879 g/mol. The molecule has 1 saturated heterocycles. The predicted octanol–water partition coefficient (Wildman–Crippen LogP) is 5.14. The van der Waals surface area contributed by atoms with Gasteiger partial charge < -0.3 is 46.1 Å². The van der Waals surface area contributed by atoms with Gasteiger partial charge in [-0.05, 0) is 97.8 Å². The quantitative estimate of drug-likeness (QED) is 0.0596. The van der Waals surface area contributed by atoms with Gasteiger partial charge >= 0.3 is 5.97 Å². The number of aromatic hydroxyl groups is 2. The van der Waals surface area contributed by atoms with Gasteiger partial charge in [0.1, 0.15) is 11.5 Å². The molecule has 14 nitrogen and oxygen atoms in total. The second-order valence-electron chi connectivity index (χ2n) is 17.0. The minimum Gasteiger partial charge on any atom is -0.508 e. The summed E-state index contributed by atoms with van der Waals surface area (Å²) in [5.41, 5.74) is 1.03. The molecule has 2 amide bonds. The van der Waals surface area contributed by atoms with Gasteiger partial charge in [0.15, 0.2) is 0 Å². The van der Waals surface area contributed by atoms with Gasteiger partial charge in [-0.15, -0.1) is 0 Å². The number of nitrogens with one attached hydrogen (secondary N) is 4. The number of aliphatic hydroxyl groups is 2. The highest BCUT2D eigenvalue weighted by molar-refractivity contribution is 5.96. The lowest BCUT2D eigenvalue weighted by atomic mass is 9.84. The van der Waals surface area contributed by atoms with Crippen LogP contribution in [0.15, 0.2) is 132 Å². The van der Waals surface area contributed by atoms with E-state index in [1.807, 2.05) is 18.2 Å². The minimum atomic E-state index is -2.15. The number of hydrogen-bond donors (Lipinski definition) is 8. The van der Waals surface area contributed by atoms with Crippen molar-refractivity contribution in [2.45, 2.75) is 62.6 Å². The van der Waals surface area contributed by atoms with Crippen molar-refractivity contribution < 1.29 is 39.5 Å². The van der Waals surface area contributed by atoms with E-state index in [4.69, 9.17) is 4.74 Å². The number of benzene rings is 5. The molecule has 2 atom stereocenters. The van der Waals surface area contributed by atoms with Gasteiger partial charge in [0.05, 0.1) is 18.2 Å². The molecule has 1 aliphatic heterocycles. The highest BCUT2D eigenvalue weighted by Gasteiger charge is 2.43. The Morgan fingerprint density at radius 2 is 1.42 bits per heavy atom. The number of piperidine rings is 1. The van der Waals surface area contributed by atoms with E-state index in [1.54, 1.807) is 66.7 Å². The molecule has 8 N–H and O–H groups in total. The van der Waals surface area contributed by atoms with Gasteiger partial charge in [0.25, 0.3) is 11.8 Å². The SMILES string of the molecule is O=C(NC1CC(NC(=O)c2ccc(CNC[C@H](O)c3ccc(O)c4[nH]c(=O)ccc34)c(O)c2)C1)c1cccc([C@](O)(C(=O)OCC2CCN(Cc3ccccc3)CC2)c2ccccc2)c1. The molecule has 14 heteroatoms. The van der Waals surface area contributed by atoms with Gasteiger partial charge in [0.2, 0.25) is 11.2 Å². The van der Waals surface area contributed by atoms with Crippen LogP contribution in [-0.2, 0) is 28.2 Å². The van der Waals surface area contributed by atoms with Crippen molar-refractivity contribution in [1.29, 1.82) is 0 Å². The number of nitrogens with zero attached hydrogens (tertiary/aromatic N) is 1. The zero-order valence-corrected chi connectivity index (χ0v) is 35.8. The maximum Gasteiger partial charge on any atom is 0.347 e. The predicted molar refractivity (Wildman–Crippen MR) is 244 cm³/mol. The number of pyridine rings is 1. The zero-order chi connectivity index (χ0) is 45.5. The lowest BCUT2D eigenvalue weighted by molar-refractivity contribution is -0.164. The van der Waals surface area contributed by atoms with Crippen LogP contribution in [0.4, 0.5) is 0 Å². The van der Waals surface area contributed by atoms with Crippen LogP contribution >= 0.6 is 0 Å². The standard InChI is InChI=1S/C51H53N5O9/c57-43-18-16-41(42-17-19-46(60)55-47(42)43)45(59)29-52-28-36-15-14-35(25-44(36)58)49(62)54-40-26-39(27-40)53-48(61)34-10-7-13-38(24-34)51(64,37-11-5-2-6-12-37)50(63)65-31-33-20-22-56(23-21-33)30-32-8-3-1-4-9-32/h1-19,24-25,33,39-40,45,52,57-59,64H,20-23,26-31H2,(H,53,61)(H,54,62)(H,55,60)/t39?,40?,45-,51-/m0/s1. The molecule has 1 saturated carbocycles. The summed E-state index contributed by atoms with van der Waals surface area (Å²) >= 11 is 0. The first-order valence-electron chi connectivity index (χ1n) is 21.9. The number of H-pyrrole nitrogens is 1. The largest absolute Gasteiger partial charge is 0.508 e. The Morgan fingerprint density at radius 1 is 0.754 bits per heavy atom. The third-order valence-electron chi connectivity index (χ3n) is 12.5. The zero-order valence-electron chi connectivity index (χ0n) is 35.8. The molecular weight excluding hydrogens is 827 g/mol. The molecular formula is C51H53N5O9. The molecule has 8 rings (SSSR count). The number of aromatic amines is 1. The second kappa shape index (κ2) is 19.9. The number of carbonyl (C=O) groups excluding carboxylic acids is 3. The van der Waals surface area contributed by atoms with Crippen molar-refractivity contribution in [3.63, 3.8) is 0 Å². The Morgan fingerprint density at radius 3 is 2.11 bits per heavy atom. The van der Waals surface area contributed by atoms with E-state index >= 15 is 0 Å². The number of likely N-dealkylation sites (tertiary alicyclic amines) is 1. The van der Waals surface area contributed by atoms with Gasteiger partial charge in [-0.1, -0.05) is 84.9 Å². The lowest BCUT2D eigenvalue weighted by Gasteiger charge is -2.36. The number of amides is 2. The van der Waals surface area contributed by atoms with Crippen molar-refractivity contribution in [2.24, 2.45) is 5.92 Å². The van der Waals surface area contributed by atoms with Crippen LogP contribution in [0, 0.1) is 5.92 Å². The fourth-order valence-corrected chi connectivity index (χ4v) is 8.67. The number of esters is 1. The summed E-state index contributed by atoms with van der Waals surface area (Å²) in [4.78, 5) is 57.3. The third-order valence-corrected chi connectivity index (χ3v) is 12.5. The number of ether oxygens (including phenoxy) is 1. The fraction of sp³-hybridized carbons (Fsp3) is 0.294. The summed E-state index contributed by atoms with van der Waals surface area (Å²) < 4.78 is 5.86. The highest BCUT2D eigenvalue weighted by Crippen LogP contribution is 2.33. The van der Waals surface area contributed by atoms with E-state index in [-0.39, 0.29) is 88.8 Å². The van der Waals surface area contributed by atoms with Gasteiger partial charge in [0, 0.05) is 65.4 Å². The van der Waals surface area contributed by atoms with E-state index in [2.05, 4.69) is 38.0 Å². The van der Waals surface area contributed by atoms with Crippen LogP contribution in [-0.4, -0.2) is 86.4 Å². The van der Waals surface area contributed by atoms with Crippen molar-refractivity contribution in [3.8, 4) is 11.5 Å². The number of phenols is 2. The second-order valence-corrected chi connectivity index (χ2v) is 17.0. The number of aromatic nitrogens is 1. The number of hydrogen-bond acceptors (Lipinski definition) is 11. The molecule has 2 heterocycles. The molecule has 65 heavy (non-hydrogen) atoms. The van der Waals surface area contributed by atoms with E-state index in [0.29, 0.717) is 34.9 Å². The van der Waals surface area contributed by atoms with Crippen LogP contribution in [0.25, 0.3) is 10.9 Å². The normalized spacial score (nSPS) is 17.9. The summed E-state index contributed by atoms with van der Waals surface area (Å²) in [7, 11) is 0. The minimum absolute atomic E-state index is 0.101. The first kappa shape index (κ1) is 44.8. The molecule has 1 aliphatic carbocycles. The third kappa shape index (κ3) is 10.4. The first-order chi connectivity index (χ1) is 31.4. The number of rotatable bonds is 16. The molecule has 336 valence electrons. The Labute approximate surface area is 375 Å². The summed E-state index contributed by atoms with van der Waals surface area (Å²) in [6.07, 6.45) is 1.70. The summed E-state index contributed by atoms with van der Waals surface area (Å²) in [6, 6.07) is 35.3. The summed E-state index contributed by atoms with van der Waals surface area (Å²) in [6.45, 7) is 3.11. The van der Waals surface area contributed by atoms with E-state index in [0.717, 1.165) is 32.5 Å². The fourth-order valence-electron chi connectivity index (χ4n) is 8.67. The van der Waals surface area contributed by atoms with Crippen LogP contribution in [0.2, 0.25) is 0 Å². The maximum atomic E-state index is 13.9. The van der Waals surface area contributed by atoms with E-state index < -0.39 is 17.7 Å². The van der Waals surface area contributed by atoms with Crippen molar-refractivity contribution >= 4 is 28.7 Å². The van der Waals surface area contributed by atoms with Gasteiger partial charge in [-0.2, -0.15) is 0 Å². The lowest BCUT2D eigenvalue weighted by Crippen LogP contribution is -2.53. The highest BCUT2D eigenvalue weighted by atomic mass is 16.5. The average Bonchev–Trinajstić information content (AvgIpc) is 3.31. The van der Waals surface area contributed by atoms with Crippen molar-refractivity contribution in [1.82, 2.24) is 25.8 Å². The Balaban J connectivity index is 0.811. The Bertz CT molecular complexity index is 2700. The first-order valence-corrected chi connectivity index (χ1v) is 21.9. The van der Waals surface area contributed by atoms with E-state index in [9.17, 15) is 39.6 Å². The van der Waals surface area contributed by atoms with E-state index in [1.165, 1.54) is 35.9 Å². The number of phenolic OH excluding ortho intramolecular Hbond substituents is 2. The molecule has 0 unspecified atom stereocenters. The van der Waals surface area contributed by atoms with Crippen LogP contribution in [0.5, 0.6) is 11.5 Å². The summed E-state index contributed by atoms with van der Waals surface area (Å²) in [5, 5.41) is 53.5. The maximum absolute atomic E-state index is 13.9. The molecule has 2 aliphatic rings. The van der Waals surface area contributed by atoms with Crippen molar-refractivity contribution in [3.05, 3.63) is 177 Å². The molecule has 0 bridgehead atoms. The number of fused-ring (bicyclic) bond motifs is 1. The molecule has 1 aromatic heterocycles. The van der Waals surface area contributed by atoms with Crippen molar-refractivity contribution in [2.75, 3.05) is 26.2 Å². The topological polar surface area (TPSA) is 214 Å². The summed E-state index contributed by atoms with van der Waals surface area (Å²) in [5.74, 6) is -1.62. The molecule has 0 radical (unpaired) electrons. The number of aliphatic hydroxyl groups excluding tert-OH is 1. The van der Waals surface area contributed by atoms with Crippen LogP contribution in [0.1, 0.15) is 80.3 Å². The molecule has 2 fully saturated rings. The van der Waals surface area contributed by atoms with Crippen LogP contribution in [0.3, 0.4) is 0 Å². The Hall–Kier alpha value is -6.84. The van der Waals surface area contributed by atoms with Gasteiger partial charge in [-0.3, -0.25) is 19.3 Å². The van der Waals surface area contributed by atoms with Crippen LogP contribution < -0.4 is 21.5 Å². The molecule has 5 aromatic carbocycles. The Kier molecular flexibility index (Phi) is 13.7. The van der Waals surface area contributed by atoms with Gasteiger partial charge in [-0.25, -0.2) is 4.79 Å².